The van der Waals surface area contributed by atoms with E-state index in [9.17, 15) is 0 Å². The topological polar surface area (TPSA) is 40.2 Å². The lowest BCUT2D eigenvalue weighted by atomic mass is 10.0. The molecule has 20 heavy (non-hydrogen) atoms. The van der Waals surface area contributed by atoms with Gasteiger partial charge in [0, 0.05) is 37.1 Å². The third-order valence-corrected chi connectivity index (χ3v) is 3.03. The Morgan fingerprint density at radius 3 is 2.65 bits per heavy atom. The monoisotopic (exact) mass is 278 g/mol. The largest absolute Gasteiger partial charge is 0.381 e. The first-order valence-corrected chi connectivity index (χ1v) is 7.62. The van der Waals surface area contributed by atoms with Crippen LogP contribution in [0.5, 0.6) is 0 Å². The molecule has 114 valence electrons. The van der Waals surface area contributed by atoms with Crippen molar-refractivity contribution in [2.75, 3.05) is 37.8 Å². The predicted molar refractivity (Wildman–Crippen MR) is 88.4 cm³/mol. The van der Waals surface area contributed by atoms with Gasteiger partial charge in [-0.15, -0.1) is 0 Å². The highest BCUT2D eigenvalue weighted by Crippen LogP contribution is 2.16. The molecule has 1 unspecified atom stereocenters. The lowest BCUT2D eigenvalue weighted by Gasteiger charge is -2.25. The molecular weight excluding hydrogens is 248 g/mol. The van der Waals surface area contributed by atoms with Crippen molar-refractivity contribution in [2.45, 2.75) is 39.7 Å². The van der Waals surface area contributed by atoms with Gasteiger partial charge >= 0.3 is 0 Å². The highest BCUT2D eigenvalue weighted by atomic mass is 15.1. The molecule has 0 saturated carbocycles. The van der Waals surface area contributed by atoms with E-state index < -0.39 is 0 Å². The van der Waals surface area contributed by atoms with Crippen LogP contribution in [-0.4, -0.2) is 43.1 Å². The van der Waals surface area contributed by atoms with Crippen molar-refractivity contribution in [3.05, 3.63) is 18.3 Å². The van der Waals surface area contributed by atoms with Gasteiger partial charge in [-0.05, 0) is 38.9 Å². The molecule has 0 fully saturated rings. The van der Waals surface area contributed by atoms with E-state index >= 15 is 0 Å². The molecule has 0 aromatic carbocycles. The standard InChI is InChI=1S/C16H30N4/c1-6-8-17-16-11-14(7-9-18-16)19-15(10-13(2)3)12-20(4)5/h7,9,11,13,15H,6,8,10,12H2,1-5H3,(H2,17,18,19). The van der Waals surface area contributed by atoms with Crippen LogP contribution >= 0.6 is 0 Å². The van der Waals surface area contributed by atoms with Gasteiger partial charge in [0.05, 0.1) is 0 Å². The fourth-order valence-corrected chi connectivity index (χ4v) is 2.29. The summed E-state index contributed by atoms with van der Waals surface area (Å²) in [4.78, 5) is 6.58. The molecule has 0 aliphatic rings. The fraction of sp³-hybridized carbons (Fsp3) is 0.688. The van der Waals surface area contributed by atoms with Crippen LogP contribution in [0.4, 0.5) is 11.5 Å². The first-order valence-electron chi connectivity index (χ1n) is 7.62. The summed E-state index contributed by atoms with van der Waals surface area (Å²) >= 11 is 0. The van der Waals surface area contributed by atoms with E-state index in [4.69, 9.17) is 0 Å². The summed E-state index contributed by atoms with van der Waals surface area (Å²) in [6.45, 7) is 8.70. The van der Waals surface area contributed by atoms with Crippen molar-refractivity contribution < 1.29 is 0 Å². The Hall–Kier alpha value is -1.29. The second kappa shape index (κ2) is 8.80. The van der Waals surface area contributed by atoms with E-state index in [1.54, 1.807) is 0 Å². The van der Waals surface area contributed by atoms with Gasteiger partial charge in [-0.2, -0.15) is 0 Å². The zero-order valence-corrected chi connectivity index (χ0v) is 13.6. The van der Waals surface area contributed by atoms with E-state index in [1.165, 1.54) is 0 Å². The van der Waals surface area contributed by atoms with E-state index in [-0.39, 0.29) is 0 Å². The number of nitrogens with zero attached hydrogens (tertiary/aromatic N) is 2. The first kappa shape index (κ1) is 16.8. The van der Waals surface area contributed by atoms with Gasteiger partial charge in [0.25, 0.3) is 0 Å². The molecular formula is C16H30N4. The van der Waals surface area contributed by atoms with Gasteiger partial charge < -0.3 is 15.5 Å². The predicted octanol–water partition coefficient (Wildman–Crippen LogP) is 3.29. The number of likely N-dealkylation sites (N-methyl/N-ethyl adjacent to an activating group) is 1. The van der Waals surface area contributed by atoms with Crippen molar-refractivity contribution in [3.63, 3.8) is 0 Å². The van der Waals surface area contributed by atoms with Crippen LogP contribution < -0.4 is 10.6 Å². The molecule has 0 saturated heterocycles. The van der Waals surface area contributed by atoms with Crippen LogP contribution in [0.15, 0.2) is 18.3 Å². The second-order valence-electron chi connectivity index (χ2n) is 6.09. The van der Waals surface area contributed by atoms with Gasteiger partial charge in [-0.1, -0.05) is 20.8 Å². The normalized spacial score (nSPS) is 12.8. The van der Waals surface area contributed by atoms with E-state index in [0.717, 1.165) is 37.4 Å². The molecule has 1 atom stereocenters. The lowest BCUT2D eigenvalue weighted by molar-refractivity contribution is 0.356. The van der Waals surface area contributed by atoms with Crippen molar-refractivity contribution >= 4 is 11.5 Å². The maximum atomic E-state index is 4.34. The quantitative estimate of drug-likeness (QED) is 0.727. The Labute approximate surface area is 124 Å². The maximum absolute atomic E-state index is 4.34. The minimum atomic E-state index is 0.464. The second-order valence-corrected chi connectivity index (χ2v) is 6.09. The highest BCUT2D eigenvalue weighted by molar-refractivity contribution is 5.52. The van der Waals surface area contributed by atoms with E-state index in [0.29, 0.717) is 12.0 Å². The zero-order valence-electron chi connectivity index (χ0n) is 13.6. The van der Waals surface area contributed by atoms with Gasteiger partial charge in [0.15, 0.2) is 0 Å². The number of hydrogen-bond donors (Lipinski definition) is 2. The number of hydrogen-bond acceptors (Lipinski definition) is 4. The molecule has 1 aromatic rings. The minimum absolute atomic E-state index is 0.464. The highest BCUT2D eigenvalue weighted by Gasteiger charge is 2.12. The van der Waals surface area contributed by atoms with Gasteiger partial charge in [-0.3, -0.25) is 0 Å². The van der Waals surface area contributed by atoms with Gasteiger partial charge in [0.1, 0.15) is 5.82 Å². The number of nitrogens with one attached hydrogen (secondary N) is 2. The third kappa shape index (κ3) is 6.75. The summed E-state index contributed by atoms with van der Waals surface area (Å²) in [5, 5.41) is 6.96. The molecule has 0 spiro atoms. The van der Waals surface area contributed by atoms with Gasteiger partial charge in [-0.25, -0.2) is 4.98 Å². The minimum Gasteiger partial charge on any atom is -0.381 e. The third-order valence-electron chi connectivity index (χ3n) is 3.03. The molecule has 4 heteroatoms. The van der Waals surface area contributed by atoms with Crippen LogP contribution in [-0.2, 0) is 0 Å². The Bertz CT molecular complexity index is 366. The van der Waals surface area contributed by atoms with Crippen molar-refractivity contribution in [1.82, 2.24) is 9.88 Å². The molecule has 2 N–H and O–H groups in total. The SMILES string of the molecule is CCCNc1cc(NC(CC(C)C)CN(C)C)ccn1. The summed E-state index contributed by atoms with van der Waals surface area (Å²) in [6.07, 6.45) is 4.14. The average molecular weight is 278 g/mol. The lowest BCUT2D eigenvalue weighted by Crippen LogP contribution is -2.33. The Morgan fingerprint density at radius 2 is 2.05 bits per heavy atom. The fourth-order valence-electron chi connectivity index (χ4n) is 2.29. The molecule has 0 amide bonds. The smallest absolute Gasteiger partial charge is 0.127 e. The number of rotatable bonds is 9. The number of pyridine rings is 1. The molecule has 4 nitrogen and oxygen atoms in total. The van der Waals surface area contributed by atoms with Crippen LogP contribution in [0, 0.1) is 5.92 Å². The first-order chi connectivity index (χ1) is 9.51. The molecule has 1 aromatic heterocycles. The molecule has 0 radical (unpaired) electrons. The summed E-state index contributed by atoms with van der Waals surface area (Å²) in [5.41, 5.74) is 1.14. The zero-order chi connectivity index (χ0) is 15.0. The Kier molecular flexibility index (Phi) is 7.37. The maximum Gasteiger partial charge on any atom is 0.127 e. The van der Waals surface area contributed by atoms with E-state index in [2.05, 4.69) is 61.5 Å². The van der Waals surface area contributed by atoms with Gasteiger partial charge in [0.2, 0.25) is 0 Å². The number of anilines is 2. The van der Waals surface area contributed by atoms with Crippen molar-refractivity contribution in [3.8, 4) is 0 Å². The average Bonchev–Trinajstić information content (AvgIpc) is 2.35. The Morgan fingerprint density at radius 1 is 1.30 bits per heavy atom. The molecule has 1 heterocycles. The van der Waals surface area contributed by atoms with E-state index in [1.807, 2.05) is 12.3 Å². The Balaban J connectivity index is 2.66. The summed E-state index contributed by atoms with van der Waals surface area (Å²) in [7, 11) is 4.24. The van der Waals surface area contributed by atoms with Crippen molar-refractivity contribution in [1.29, 1.82) is 0 Å². The summed E-state index contributed by atoms with van der Waals surface area (Å²) < 4.78 is 0. The molecule has 0 aliphatic carbocycles. The van der Waals surface area contributed by atoms with Crippen LogP contribution in [0.3, 0.4) is 0 Å². The molecule has 1 rings (SSSR count). The molecule has 0 bridgehead atoms. The van der Waals surface area contributed by atoms with Crippen LogP contribution in [0.2, 0.25) is 0 Å². The summed E-state index contributed by atoms with van der Waals surface area (Å²) in [6, 6.07) is 4.60. The molecule has 0 aliphatic heterocycles. The number of aromatic nitrogens is 1. The van der Waals surface area contributed by atoms with Crippen LogP contribution in [0.1, 0.15) is 33.6 Å². The summed E-state index contributed by atoms with van der Waals surface area (Å²) in [5.74, 6) is 1.64. The van der Waals surface area contributed by atoms with Crippen molar-refractivity contribution in [2.24, 2.45) is 5.92 Å². The van der Waals surface area contributed by atoms with Crippen LogP contribution in [0.25, 0.3) is 0 Å².